The Labute approximate surface area is 120 Å². The fraction of sp³-hybridized carbons (Fsp3) is 0.188. The fourth-order valence-electron chi connectivity index (χ4n) is 2.14. The summed E-state index contributed by atoms with van der Waals surface area (Å²) < 4.78 is 14.7. The third-order valence-corrected chi connectivity index (χ3v) is 3.67. The van der Waals surface area contributed by atoms with E-state index in [1.54, 1.807) is 19.1 Å². The van der Waals surface area contributed by atoms with Crippen molar-refractivity contribution < 1.29 is 4.39 Å². The molecule has 0 heterocycles. The van der Waals surface area contributed by atoms with Crippen LogP contribution in [0.4, 0.5) is 4.39 Å². The molecule has 0 bridgehead atoms. The highest BCUT2D eigenvalue weighted by molar-refractivity contribution is 9.10. The average Bonchev–Trinajstić information content (AvgIpc) is 2.39. The Morgan fingerprint density at radius 2 is 1.89 bits per heavy atom. The molecule has 0 radical (unpaired) electrons. The lowest BCUT2D eigenvalue weighted by Gasteiger charge is -2.23. The van der Waals surface area contributed by atoms with Gasteiger partial charge < -0.3 is 0 Å². The molecule has 0 aliphatic heterocycles. The van der Waals surface area contributed by atoms with Crippen LogP contribution in [0.1, 0.15) is 18.1 Å². The molecule has 0 aromatic heterocycles. The van der Waals surface area contributed by atoms with Gasteiger partial charge in [0.25, 0.3) is 0 Å². The predicted octanol–water partition coefficient (Wildman–Crippen LogP) is 4.61. The zero-order chi connectivity index (χ0) is 13.9. The molecule has 0 aliphatic rings. The van der Waals surface area contributed by atoms with Crippen LogP contribution in [0.25, 0.3) is 0 Å². The molecule has 2 aromatic carbocycles. The summed E-state index contributed by atoms with van der Waals surface area (Å²) in [6.45, 7) is 1.77. The van der Waals surface area contributed by atoms with E-state index in [0.29, 0.717) is 16.5 Å². The summed E-state index contributed by atoms with van der Waals surface area (Å²) in [7, 11) is 0. The Bertz CT molecular complexity index is 618. The molecule has 2 aromatic rings. The van der Waals surface area contributed by atoms with Crippen molar-refractivity contribution >= 4 is 15.9 Å². The molecule has 96 valence electrons. The van der Waals surface area contributed by atoms with Crippen molar-refractivity contribution in [1.29, 1.82) is 5.26 Å². The fourth-order valence-corrected chi connectivity index (χ4v) is 2.47. The monoisotopic (exact) mass is 317 g/mol. The van der Waals surface area contributed by atoms with Gasteiger partial charge in [0, 0.05) is 10.0 Å². The Morgan fingerprint density at radius 3 is 2.47 bits per heavy atom. The number of nitrogens with zero attached hydrogens (tertiary/aromatic N) is 1. The minimum atomic E-state index is -0.869. The van der Waals surface area contributed by atoms with Crippen LogP contribution in [0, 0.1) is 17.1 Å². The van der Waals surface area contributed by atoms with E-state index in [1.165, 1.54) is 6.07 Å². The van der Waals surface area contributed by atoms with Crippen LogP contribution in [0.2, 0.25) is 0 Å². The van der Waals surface area contributed by atoms with E-state index in [1.807, 2.05) is 30.3 Å². The van der Waals surface area contributed by atoms with Crippen molar-refractivity contribution in [2.75, 3.05) is 0 Å². The van der Waals surface area contributed by atoms with E-state index in [4.69, 9.17) is 0 Å². The minimum absolute atomic E-state index is 0.352. The van der Waals surface area contributed by atoms with Gasteiger partial charge in [-0.25, -0.2) is 4.39 Å². The van der Waals surface area contributed by atoms with Crippen LogP contribution in [-0.2, 0) is 11.8 Å². The molecule has 19 heavy (non-hydrogen) atoms. The van der Waals surface area contributed by atoms with Crippen molar-refractivity contribution in [3.05, 3.63) is 69.9 Å². The zero-order valence-corrected chi connectivity index (χ0v) is 12.1. The van der Waals surface area contributed by atoms with Gasteiger partial charge in [-0.1, -0.05) is 52.3 Å². The normalized spacial score (nSPS) is 13.6. The maximum absolute atomic E-state index is 14.1. The highest BCUT2D eigenvalue weighted by atomic mass is 79.9. The minimum Gasteiger partial charge on any atom is -0.207 e. The first-order valence-electron chi connectivity index (χ1n) is 5.96. The molecular weight excluding hydrogens is 305 g/mol. The Kier molecular flexibility index (Phi) is 4.01. The van der Waals surface area contributed by atoms with E-state index in [2.05, 4.69) is 22.0 Å². The van der Waals surface area contributed by atoms with Crippen LogP contribution in [0.5, 0.6) is 0 Å². The van der Waals surface area contributed by atoms with Gasteiger partial charge >= 0.3 is 0 Å². The second kappa shape index (κ2) is 5.54. The van der Waals surface area contributed by atoms with Crippen LogP contribution < -0.4 is 0 Å². The van der Waals surface area contributed by atoms with E-state index in [-0.39, 0.29) is 5.82 Å². The average molecular weight is 318 g/mol. The molecule has 0 saturated carbocycles. The molecule has 2 rings (SSSR count). The van der Waals surface area contributed by atoms with Gasteiger partial charge in [-0.2, -0.15) is 5.26 Å². The highest BCUT2D eigenvalue weighted by Gasteiger charge is 2.29. The van der Waals surface area contributed by atoms with Gasteiger partial charge in [0.2, 0.25) is 0 Å². The molecular formula is C16H13BrFN. The first kappa shape index (κ1) is 13.8. The van der Waals surface area contributed by atoms with E-state index >= 15 is 0 Å². The summed E-state index contributed by atoms with van der Waals surface area (Å²) in [6, 6.07) is 16.8. The van der Waals surface area contributed by atoms with Gasteiger partial charge in [0.1, 0.15) is 5.82 Å². The number of halogens is 2. The molecule has 0 saturated heterocycles. The second-order valence-corrected chi connectivity index (χ2v) is 5.65. The topological polar surface area (TPSA) is 23.8 Å². The summed E-state index contributed by atoms with van der Waals surface area (Å²) >= 11 is 3.23. The largest absolute Gasteiger partial charge is 0.207 e. The van der Waals surface area contributed by atoms with Gasteiger partial charge in [0.15, 0.2) is 0 Å². The van der Waals surface area contributed by atoms with Gasteiger partial charge in [-0.3, -0.25) is 0 Å². The predicted molar refractivity (Wildman–Crippen MR) is 77.2 cm³/mol. The number of rotatable bonds is 3. The zero-order valence-electron chi connectivity index (χ0n) is 10.5. The van der Waals surface area contributed by atoms with Crippen molar-refractivity contribution in [3.8, 4) is 6.07 Å². The quantitative estimate of drug-likeness (QED) is 0.810. The number of hydrogen-bond donors (Lipinski definition) is 0. The molecule has 0 N–H and O–H groups in total. The standard InChI is InChI=1S/C16H13BrFN/c1-16(11-19,10-12-5-3-2-4-6-12)14-8-7-13(17)9-15(14)18/h2-9H,10H2,1H3. The van der Waals surface area contributed by atoms with Crippen LogP contribution in [0.3, 0.4) is 0 Å². The molecule has 1 unspecified atom stereocenters. The van der Waals surface area contributed by atoms with Crippen LogP contribution in [-0.4, -0.2) is 0 Å². The maximum atomic E-state index is 14.1. The van der Waals surface area contributed by atoms with Crippen molar-refractivity contribution in [2.45, 2.75) is 18.8 Å². The molecule has 0 spiro atoms. The first-order chi connectivity index (χ1) is 9.05. The van der Waals surface area contributed by atoms with Crippen LogP contribution >= 0.6 is 15.9 Å². The smallest absolute Gasteiger partial charge is 0.129 e. The second-order valence-electron chi connectivity index (χ2n) is 4.73. The number of benzene rings is 2. The number of hydrogen-bond acceptors (Lipinski definition) is 1. The van der Waals surface area contributed by atoms with Crippen molar-refractivity contribution in [1.82, 2.24) is 0 Å². The molecule has 0 fully saturated rings. The number of nitriles is 1. The lowest BCUT2D eigenvalue weighted by molar-refractivity contribution is 0.534. The van der Waals surface area contributed by atoms with E-state index < -0.39 is 5.41 Å². The molecule has 3 heteroatoms. The van der Waals surface area contributed by atoms with Gasteiger partial charge in [0.05, 0.1) is 11.5 Å². The molecule has 0 amide bonds. The summed E-state index contributed by atoms with van der Waals surface area (Å²) in [5.41, 5.74) is 0.586. The SMILES string of the molecule is CC(C#N)(Cc1ccccc1)c1ccc(Br)cc1F. The molecule has 1 nitrogen and oxygen atoms in total. The van der Waals surface area contributed by atoms with E-state index in [9.17, 15) is 9.65 Å². The third kappa shape index (κ3) is 3.02. The highest BCUT2D eigenvalue weighted by Crippen LogP contribution is 2.31. The van der Waals surface area contributed by atoms with E-state index in [0.717, 1.165) is 5.56 Å². The Balaban J connectivity index is 2.40. The summed E-state index contributed by atoms with van der Waals surface area (Å²) in [4.78, 5) is 0. The summed E-state index contributed by atoms with van der Waals surface area (Å²) in [5.74, 6) is -0.352. The molecule has 1 atom stereocenters. The Hall–Kier alpha value is -1.66. The Morgan fingerprint density at radius 1 is 1.21 bits per heavy atom. The first-order valence-corrected chi connectivity index (χ1v) is 6.75. The van der Waals surface area contributed by atoms with Gasteiger partial charge in [-0.05, 0) is 31.0 Å². The lowest BCUT2D eigenvalue weighted by atomic mass is 9.78. The summed E-state index contributed by atoms with van der Waals surface area (Å²) in [5, 5.41) is 9.47. The summed E-state index contributed by atoms with van der Waals surface area (Å²) in [6.07, 6.45) is 0.489. The maximum Gasteiger partial charge on any atom is 0.129 e. The lowest BCUT2D eigenvalue weighted by Crippen LogP contribution is -2.24. The van der Waals surface area contributed by atoms with Crippen molar-refractivity contribution in [2.24, 2.45) is 0 Å². The third-order valence-electron chi connectivity index (χ3n) is 3.17. The van der Waals surface area contributed by atoms with Crippen LogP contribution in [0.15, 0.2) is 53.0 Å². The molecule has 0 aliphatic carbocycles. The van der Waals surface area contributed by atoms with Crippen molar-refractivity contribution in [3.63, 3.8) is 0 Å². The van der Waals surface area contributed by atoms with Gasteiger partial charge in [-0.15, -0.1) is 0 Å².